The Kier molecular flexibility index (Phi) is 6.82. The van der Waals surface area contributed by atoms with Crippen molar-refractivity contribution in [3.8, 4) is 17.1 Å². The van der Waals surface area contributed by atoms with Crippen LogP contribution in [0.15, 0.2) is 89.1 Å². The Morgan fingerprint density at radius 1 is 0.972 bits per heavy atom. The first kappa shape index (κ1) is 23.8. The van der Waals surface area contributed by atoms with E-state index in [1.807, 2.05) is 54.6 Å². The second-order valence-corrected chi connectivity index (χ2v) is 9.09. The van der Waals surface area contributed by atoms with E-state index in [2.05, 4.69) is 53.5 Å². The van der Waals surface area contributed by atoms with Gasteiger partial charge >= 0.3 is 0 Å². The van der Waals surface area contributed by atoms with E-state index in [9.17, 15) is 0 Å². The number of nitrogens with zero attached hydrogens (tertiary/aromatic N) is 3. The Morgan fingerprint density at radius 2 is 1.67 bits per heavy atom. The van der Waals surface area contributed by atoms with Crippen molar-refractivity contribution >= 4 is 22.9 Å². The number of benzene rings is 3. The molecule has 36 heavy (non-hydrogen) atoms. The summed E-state index contributed by atoms with van der Waals surface area (Å²) in [6, 6.07) is 26.2. The van der Waals surface area contributed by atoms with Crippen molar-refractivity contribution in [2.24, 2.45) is 0 Å². The number of hydrogen-bond donors (Lipinski definition) is 1. The van der Waals surface area contributed by atoms with Crippen LogP contribution in [0.3, 0.4) is 0 Å². The molecular weight excluding hydrogens is 468 g/mol. The van der Waals surface area contributed by atoms with Gasteiger partial charge in [-0.3, -0.25) is 0 Å². The maximum atomic E-state index is 5.85. The highest BCUT2D eigenvalue weighted by Gasteiger charge is 2.34. The first-order valence-corrected chi connectivity index (χ1v) is 12.4. The van der Waals surface area contributed by atoms with Gasteiger partial charge in [0.2, 0.25) is 5.82 Å². The standard InChI is InChI=1S/C29H28N4O2S/c1-4-20-10-12-21(13-11-20)18-33-19(2)25(28-31-27(32-35-28)23-8-6-5-7-9-23)26(30-29(33)36)22-14-16-24(34-3)17-15-22/h5-17,26H,4,18H2,1-3H3,(H,30,36). The number of aryl methyl sites for hydroxylation is 1. The van der Waals surface area contributed by atoms with Gasteiger partial charge in [-0.25, -0.2) is 0 Å². The number of aromatic nitrogens is 2. The predicted octanol–water partition coefficient (Wildman–Crippen LogP) is 6.17. The minimum Gasteiger partial charge on any atom is -0.497 e. The van der Waals surface area contributed by atoms with Gasteiger partial charge in [0.05, 0.1) is 18.7 Å². The number of allylic oxidation sites excluding steroid dienone is 1. The van der Waals surface area contributed by atoms with E-state index in [0.29, 0.717) is 23.4 Å². The van der Waals surface area contributed by atoms with Crippen LogP contribution < -0.4 is 10.1 Å². The highest BCUT2D eigenvalue weighted by Crippen LogP contribution is 2.38. The van der Waals surface area contributed by atoms with Gasteiger partial charge in [-0.05, 0) is 54.4 Å². The summed E-state index contributed by atoms with van der Waals surface area (Å²) in [7, 11) is 1.66. The molecule has 1 aromatic heterocycles. The second-order valence-electron chi connectivity index (χ2n) is 8.70. The Labute approximate surface area is 216 Å². The molecule has 7 heteroatoms. The molecule has 1 atom stereocenters. The fourth-order valence-corrected chi connectivity index (χ4v) is 4.71. The fourth-order valence-electron chi connectivity index (χ4n) is 4.40. The summed E-state index contributed by atoms with van der Waals surface area (Å²) in [5.74, 6) is 1.81. The van der Waals surface area contributed by atoms with Crippen molar-refractivity contribution in [2.75, 3.05) is 7.11 Å². The SMILES string of the molecule is CCc1ccc(CN2C(=S)NC(c3ccc(OC)cc3)C(c3nc(-c4ccccc4)no3)=C2C)cc1. The molecule has 0 fully saturated rings. The van der Waals surface area contributed by atoms with Gasteiger partial charge in [-0.15, -0.1) is 0 Å². The maximum absolute atomic E-state index is 5.85. The zero-order valence-electron chi connectivity index (χ0n) is 20.6. The quantitative estimate of drug-likeness (QED) is 0.307. The lowest BCUT2D eigenvalue weighted by Gasteiger charge is -2.37. The van der Waals surface area contributed by atoms with Crippen molar-refractivity contribution in [3.05, 3.63) is 107 Å². The molecule has 4 aromatic rings. The predicted molar refractivity (Wildman–Crippen MR) is 145 cm³/mol. The summed E-state index contributed by atoms with van der Waals surface area (Å²) in [5.41, 5.74) is 6.28. The van der Waals surface area contributed by atoms with E-state index in [1.165, 1.54) is 11.1 Å². The average molecular weight is 497 g/mol. The summed E-state index contributed by atoms with van der Waals surface area (Å²) in [6.45, 7) is 4.86. The van der Waals surface area contributed by atoms with Crippen LogP contribution in [0.2, 0.25) is 0 Å². The lowest BCUT2D eigenvalue weighted by Crippen LogP contribution is -2.45. The van der Waals surface area contributed by atoms with Crippen molar-refractivity contribution in [1.82, 2.24) is 20.4 Å². The van der Waals surface area contributed by atoms with Crippen LogP contribution in [0.4, 0.5) is 0 Å². The van der Waals surface area contributed by atoms with E-state index in [4.69, 9.17) is 26.5 Å². The van der Waals surface area contributed by atoms with Gasteiger partial charge in [0.15, 0.2) is 5.11 Å². The second kappa shape index (κ2) is 10.3. The molecular formula is C29H28N4O2S. The summed E-state index contributed by atoms with van der Waals surface area (Å²) in [6.07, 6.45) is 1.01. The zero-order valence-corrected chi connectivity index (χ0v) is 21.4. The highest BCUT2D eigenvalue weighted by atomic mass is 32.1. The molecule has 3 aromatic carbocycles. The Hall–Kier alpha value is -3.97. The van der Waals surface area contributed by atoms with E-state index in [0.717, 1.165) is 34.6 Å². The minimum atomic E-state index is -0.244. The van der Waals surface area contributed by atoms with Crippen LogP contribution in [0.1, 0.15) is 42.5 Å². The summed E-state index contributed by atoms with van der Waals surface area (Å²) < 4.78 is 11.2. The summed E-state index contributed by atoms with van der Waals surface area (Å²) in [5, 5.41) is 8.45. The van der Waals surface area contributed by atoms with Crippen molar-refractivity contribution in [1.29, 1.82) is 0 Å². The monoisotopic (exact) mass is 496 g/mol. The molecule has 6 nitrogen and oxygen atoms in total. The molecule has 0 radical (unpaired) electrons. The summed E-state index contributed by atoms with van der Waals surface area (Å²) in [4.78, 5) is 6.88. The van der Waals surface area contributed by atoms with Gasteiger partial charge in [0.1, 0.15) is 5.75 Å². The number of methoxy groups -OCH3 is 1. The number of nitrogens with one attached hydrogen (secondary N) is 1. The third kappa shape index (κ3) is 4.75. The van der Waals surface area contributed by atoms with Gasteiger partial charge in [-0.2, -0.15) is 4.98 Å². The Morgan fingerprint density at radius 3 is 2.33 bits per heavy atom. The van der Waals surface area contributed by atoms with Crippen molar-refractivity contribution < 1.29 is 9.26 Å². The van der Waals surface area contributed by atoms with E-state index in [1.54, 1.807) is 7.11 Å². The molecule has 182 valence electrons. The van der Waals surface area contributed by atoms with Gasteiger partial charge in [-0.1, -0.05) is 78.8 Å². The maximum Gasteiger partial charge on any atom is 0.258 e. The van der Waals surface area contributed by atoms with Gasteiger partial charge in [0.25, 0.3) is 5.89 Å². The van der Waals surface area contributed by atoms with Crippen LogP contribution in [0.5, 0.6) is 5.75 Å². The Balaban J connectivity index is 1.57. The molecule has 1 unspecified atom stereocenters. The molecule has 0 saturated carbocycles. The van der Waals surface area contributed by atoms with Crippen molar-refractivity contribution in [3.63, 3.8) is 0 Å². The number of hydrogen-bond acceptors (Lipinski definition) is 5. The normalized spacial score (nSPS) is 15.7. The lowest BCUT2D eigenvalue weighted by atomic mass is 9.94. The molecule has 0 saturated heterocycles. The molecule has 0 spiro atoms. The van der Waals surface area contributed by atoms with Crippen LogP contribution in [-0.4, -0.2) is 27.3 Å². The van der Waals surface area contributed by atoms with Crippen molar-refractivity contribution in [2.45, 2.75) is 32.9 Å². The minimum absolute atomic E-state index is 0.244. The van der Waals surface area contributed by atoms with Crippen LogP contribution >= 0.6 is 12.2 Å². The third-order valence-corrected chi connectivity index (χ3v) is 6.84. The number of rotatable bonds is 7. The smallest absolute Gasteiger partial charge is 0.258 e. The third-order valence-electron chi connectivity index (χ3n) is 6.51. The van der Waals surface area contributed by atoms with E-state index in [-0.39, 0.29) is 6.04 Å². The highest BCUT2D eigenvalue weighted by molar-refractivity contribution is 7.80. The number of thiocarbonyl (C=S) groups is 1. The zero-order chi connectivity index (χ0) is 25.1. The average Bonchev–Trinajstić information content (AvgIpc) is 3.41. The molecule has 1 aliphatic heterocycles. The molecule has 0 aliphatic carbocycles. The molecule has 5 rings (SSSR count). The van der Waals surface area contributed by atoms with E-state index < -0.39 is 0 Å². The lowest BCUT2D eigenvalue weighted by molar-refractivity contribution is 0.396. The van der Waals surface area contributed by atoms with E-state index >= 15 is 0 Å². The number of ether oxygens (including phenoxy) is 1. The first-order chi connectivity index (χ1) is 17.6. The topological polar surface area (TPSA) is 63.4 Å². The molecule has 1 aliphatic rings. The van der Waals surface area contributed by atoms with Crippen LogP contribution in [-0.2, 0) is 13.0 Å². The summed E-state index contributed by atoms with van der Waals surface area (Å²) >= 11 is 5.85. The largest absolute Gasteiger partial charge is 0.497 e. The van der Waals surface area contributed by atoms with Gasteiger partial charge in [0, 0.05) is 17.8 Å². The van der Waals surface area contributed by atoms with Crippen LogP contribution in [0, 0.1) is 0 Å². The first-order valence-electron chi connectivity index (χ1n) is 12.0. The molecule has 1 N–H and O–H groups in total. The van der Waals surface area contributed by atoms with Crippen LogP contribution in [0.25, 0.3) is 17.0 Å². The van der Waals surface area contributed by atoms with Gasteiger partial charge < -0.3 is 19.5 Å². The molecule has 0 bridgehead atoms. The fraction of sp³-hybridized carbons (Fsp3) is 0.207. The molecule has 2 heterocycles. The molecule has 0 amide bonds. The Bertz CT molecular complexity index is 1380.